The molecule has 0 saturated carbocycles. The molecule has 0 saturated heterocycles. The minimum Gasteiger partial charge on any atom is -0.398 e. The van der Waals surface area contributed by atoms with E-state index in [0.717, 1.165) is 25.8 Å². The number of carbonyl (C=O) groups excluding carboxylic acids is 1. The lowest BCUT2D eigenvalue weighted by atomic mass is 10.1. The molecule has 1 aliphatic carbocycles. The number of halogens is 1. The van der Waals surface area contributed by atoms with E-state index in [0.29, 0.717) is 5.69 Å². The van der Waals surface area contributed by atoms with E-state index < -0.39 is 0 Å². The predicted octanol–water partition coefficient (Wildman–Crippen LogP) is 3.08. The number of anilines is 1. The van der Waals surface area contributed by atoms with Gasteiger partial charge in [-0.1, -0.05) is 24.3 Å². The summed E-state index contributed by atoms with van der Waals surface area (Å²) < 4.78 is 0.987. The van der Waals surface area contributed by atoms with Crippen LogP contribution in [0.25, 0.3) is 11.1 Å². The van der Waals surface area contributed by atoms with Gasteiger partial charge in [-0.25, -0.2) is 0 Å². The molecule has 3 rings (SSSR count). The van der Waals surface area contributed by atoms with Crippen LogP contribution in [-0.2, 0) is 0 Å². The molecule has 78 valence electrons. The van der Waals surface area contributed by atoms with Gasteiger partial charge in [-0.3, -0.25) is 4.79 Å². The topological polar surface area (TPSA) is 43.1 Å². The van der Waals surface area contributed by atoms with E-state index in [-0.39, 0.29) is 5.78 Å². The van der Waals surface area contributed by atoms with Crippen molar-refractivity contribution in [1.82, 2.24) is 0 Å². The van der Waals surface area contributed by atoms with Gasteiger partial charge in [0.05, 0.1) is 0 Å². The number of hydrogen-bond acceptors (Lipinski definition) is 2. The van der Waals surface area contributed by atoms with Crippen LogP contribution in [0.15, 0.2) is 36.4 Å². The molecule has 2 aromatic rings. The van der Waals surface area contributed by atoms with Crippen molar-refractivity contribution in [1.29, 1.82) is 0 Å². The molecule has 3 heteroatoms. The molecule has 0 heterocycles. The molecule has 2 N–H and O–H groups in total. The summed E-state index contributed by atoms with van der Waals surface area (Å²) >= 11 is 2.19. The van der Waals surface area contributed by atoms with Crippen molar-refractivity contribution in [2.75, 3.05) is 5.73 Å². The number of nitrogen functional groups attached to an aromatic ring is 1. The van der Waals surface area contributed by atoms with Gasteiger partial charge in [0, 0.05) is 20.4 Å². The Hall–Kier alpha value is -1.36. The quantitative estimate of drug-likeness (QED) is 0.511. The maximum absolute atomic E-state index is 12.1. The fourth-order valence-electron chi connectivity index (χ4n) is 2.06. The second-order valence-corrected chi connectivity index (χ2v) is 4.96. The smallest absolute Gasteiger partial charge is 0.194 e. The summed E-state index contributed by atoms with van der Waals surface area (Å²) in [6.45, 7) is 0. The summed E-state index contributed by atoms with van der Waals surface area (Å²) in [6.07, 6.45) is 0. The van der Waals surface area contributed by atoms with E-state index in [1.807, 2.05) is 30.3 Å². The van der Waals surface area contributed by atoms with Crippen LogP contribution in [0.4, 0.5) is 5.69 Å². The Labute approximate surface area is 107 Å². The number of hydrogen-bond donors (Lipinski definition) is 1. The lowest BCUT2D eigenvalue weighted by molar-refractivity contribution is 0.104. The van der Waals surface area contributed by atoms with Gasteiger partial charge in [0.1, 0.15) is 0 Å². The highest BCUT2D eigenvalue weighted by Gasteiger charge is 2.26. The molecular weight excluding hydrogens is 313 g/mol. The number of rotatable bonds is 0. The number of benzene rings is 2. The van der Waals surface area contributed by atoms with Crippen LogP contribution < -0.4 is 5.73 Å². The minimum atomic E-state index is 0.0775. The molecule has 0 spiro atoms. The SMILES string of the molecule is Nc1cc2c(cc1I)-c1ccccc1C2=O. The molecule has 0 unspecified atom stereocenters. The summed E-state index contributed by atoms with van der Waals surface area (Å²) in [6, 6.07) is 11.4. The van der Waals surface area contributed by atoms with Gasteiger partial charge >= 0.3 is 0 Å². The lowest BCUT2D eigenvalue weighted by Crippen LogP contribution is -1.97. The predicted molar refractivity (Wildman–Crippen MR) is 72.4 cm³/mol. The normalized spacial score (nSPS) is 12.4. The molecule has 0 radical (unpaired) electrons. The third-order valence-electron chi connectivity index (χ3n) is 2.84. The molecule has 0 atom stereocenters. The van der Waals surface area contributed by atoms with E-state index in [2.05, 4.69) is 22.6 Å². The standard InChI is InChI=1S/C13H8INO/c14-11-5-9-7-3-1-2-4-8(7)13(16)10(9)6-12(11)15/h1-6H,15H2. The number of nitrogens with two attached hydrogens (primary N) is 1. The Bertz CT molecular complexity index is 619. The van der Waals surface area contributed by atoms with Crippen LogP contribution in [-0.4, -0.2) is 5.78 Å². The Morgan fingerprint density at radius 2 is 1.62 bits per heavy atom. The van der Waals surface area contributed by atoms with Gasteiger partial charge in [-0.15, -0.1) is 0 Å². The third kappa shape index (κ3) is 1.21. The van der Waals surface area contributed by atoms with Crippen LogP contribution in [0, 0.1) is 3.57 Å². The molecule has 2 nitrogen and oxygen atoms in total. The molecule has 16 heavy (non-hydrogen) atoms. The average Bonchev–Trinajstić information content (AvgIpc) is 2.55. The number of ketones is 1. The van der Waals surface area contributed by atoms with Crippen molar-refractivity contribution >= 4 is 34.1 Å². The first-order valence-corrected chi connectivity index (χ1v) is 5.99. The highest BCUT2D eigenvalue weighted by molar-refractivity contribution is 14.1. The zero-order valence-electron chi connectivity index (χ0n) is 8.33. The summed E-state index contributed by atoms with van der Waals surface area (Å²) in [7, 11) is 0. The average molecular weight is 321 g/mol. The van der Waals surface area contributed by atoms with Crippen molar-refractivity contribution in [3.63, 3.8) is 0 Å². The summed E-state index contributed by atoms with van der Waals surface area (Å²) in [5.74, 6) is 0.0775. The van der Waals surface area contributed by atoms with Gasteiger partial charge < -0.3 is 5.73 Å². The zero-order chi connectivity index (χ0) is 11.3. The Balaban J connectivity index is 2.38. The number of carbonyl (C=O) groups is 1. The number of fused-ring (bicyclic) bond motifs is 3. The van der Waals surface area contributed by atoms with Crippen LogP contribution >= 0.6 is 22.6 Å². The maximum atomic E-state index is 12.1. The zero-order valence-corrected chi connectivity index (χ0v) is 10.5. The second kappa shape index (κ2) is 3.31. The maximum Gasteiger partial charge on any atom is 0.194 e. The van der Waals surface area contributed by atoms with Crippen molar-refractivity contribution in [2.45, 2.75) is 0 Å². The van der Waals surface area contributed by atoms with E-state index >= 15 is 0 Å². The minimum absolute atomic E-state index is 0.0775. The molecule has 0 amide bonds. The van der Waals surface area contributed by atoms with Gasteiger partial charge in [0.2, 0.25) is 0 Å². The highest BCUT2D eigenvalue weighted by Crippen LogP contribution is 2.38. The Morgan fingerprint density at radius 3 is 2.38 bits per heavy atom. The van der Waals surface area contributed by atoms with Crippen LogP contribution in [0.3, 0.4) is 0 Å². The van der Waals surface area contributed by atoms with Crippen LogP contribution in [0.1, 0.15) is 15.9 Å². The molecule has 0 aliphatic heterocycles. The fourth-order valence-corrected chi connectivity index (χ4v) is 2.53. The Morgan fingerprint density at radius 1 is 0.938 bits per heavy atom. The van der Waals surface area contributed by atoms with Crippen molar-refractivity contribution in [3.8, 4) is 11.1 Å². The van der Waals surface area contributed by atoms with Gasteiger partial charge in [0.15, 0.2) is 5.78 Å². The van der Waals surface area contributed by atoms with Crippen LogP contribution in [0.2, 0.25) is 0 Å². The Kier molecular flexibility index (Phi) is 2.04. The van der Waals surface area contributed by atoms with Crippen LogP contribution in [0.5, 0.6) is 0 Å². The van der Waals surface area contributed by atoms with Gasteiger partial charge in [-0.2, -0.15) is 0 Å². The first kappa shape index (κ1) is 9.84. The molecule has 1 aliphatic rings. The summed E-state index contributed by atoms with van der Waals surface area (Å²) in [5.41, 5.74) is 10.0. The van der Waals surface area contributed by atoms with E-state index in [1.165, 1.54) is 0 Å². The van der Waals surface area contributed by atoms with E-state index in [4.69, 9.17) is 5.73 Å². The van der Waals surface area contributed by atoms with E-state index in [9.17, 15) is 4.79 Å². The first-order valence-electron chi connectivity index (χ1n) is 4.91. The van der Waals surface area contributed by atoms with E-state index in [1.54, 1.807) is 6.07 Å². The molecule has 0 aromatic heterocycles. The highest BCUT2D eigenvalue weighted by atomic mass is 127. The molecular formula is C13H8INO. The monoisotopic (exact) mass is 321 g/mol. The van der Waals surface area contributed by atoms with Crippen molar-refractivity contribution < 1.29 is 4.79 Å². The van der Waals surface area contributed by atoms with Crippen molar-refractivity contribution in [3.05, 3.63) is 51.1 Å². The fraction of sp³-hybridized carbons (Fsp3) is 0. The third-order valence-corrected chi connectivity index (χ3v) is 3.78. The van der Waals surface area contributed by atoms with Gasteiger partial charge in [0.25, 0.3) is 0 Å². The van der Waals surface area contributed by atoms with Gasteiger partial charge in [-0.05, 0) is 45.9 Å². The van der Waals surface area contributed by atoms with Crippen molar-refractivity contribution in [2.24, 2.45) is 0 Å². The summed E-state index contributed by atoms with van der Waals surface area (Å²) in [4.78, 5) is 12.1. The molecule has 0 fully saturated rings. The largest absolute Gasteiger partial charge is 0.398 e. The molecule has 0 bridgehead atoms. The summed E-state index contributed by atoms with van der Waals surface area (Å²) in [5, 5.41) is 0. The first-order chi connectivity index (χ1) is 7.68. The lowest BCUT2D eigenvalue weighted by Gasteiger charge is -2.03. The second-order valence-electron chi connectivity index (χ2n) is 3.79. The molecule has 2 aromatic carbocycles.